The van der Waals surface area contributed by atoms with E-state index in [0.29, 0.717) is 0 Å². The number of nitrogens with zero attached hydrogens (tertiary/aromatic N) is 1. The minimum absolute atomic E-state index is 0.796. The van der Waals surface area contributed by atoms with Gasteiger partial charge in [-0.3, -0.25) is 0 Å². The fourth-order valence-corrected chi connectivity index (χ4v) is 3.18. The molecule has 0 unspecified atom stereocenters. The van der Waals surface area contributed by atoms with Crippen molar-refractivity contribution in [3.63, 3.8) is 0 Å². The van der Waals surface area contributed by atoms with Crippen molar-refractivity contribution in [2.75, 3.05) is 7.11 Å². The van der Waals surface area contributed by atoms with Gasteiger partial charge in [0.2, 0.25) is 0 Å². The smallest absolute Gasteiger partial charge is 0.178 e. The van der Waals surface area contributed by atoms with Crippen LogP contribution in [0.1, 0.15) is 32.1 Å². The Morgan fingerprint density at radius 1 is 1.35 bits per heavy atom. The average molecular weight is 288 g/mol. The zero-order valence-corrected chi connectivity index (χ0v) is 12.6. The molecule has 4 heteroatoms. The van der Waals surface area contributed by atoms with Crippen molar-refractivity contribution in [2.24, 2.45) is 0 Å². The van der Waals surface area contributed by atoms with E-state index in [1.807, 2.05) is 12.1 Å². The van der Waals surface area contributed by atoms with E-state index >= 15 is 0 Å². The van der Waals surface area contributed by atoms with Gasteiger partial charge in [0, 0.05) is 12.6 Å². The Morgan fingerprint density at radius 3 is 3.00 bits per heavy atom. The summed E-state index contributed by atoms with van der Waals surface area (Å²) in [5, 5.41) is 0. The van der Waals surface area contributed by atoms with Crippen LogP contribution >= 0.6 is 12.2 Å². The molecular weight excluding hydrogens is 268 g/mol. The van der Waals surface area contributed by atoms with E-state index in [9.17, 15) is 0 Å². The molecule has 0 aliphatic heterocycles. The lowest BCUT2D eigenvalue weighted by molar-refractivity contribution is 0.415. The number of nitrogens with one attached hydrogen (secondary N) is 1. The van der Waals surface area contributed by atoms with Crippen LogP contribution < -0.4 is 4.74 Å². The summed E-state index contributed by atoms with van der Waals surface area (Å²) in [5.74, 6) is 0.857. The number of hydrogen-bond donors (Lipinski definition) is 1. The molecule has 0 bridgehead atoms. The van der Waals surface area contributed by atoms with Gasteiger partial charge in [-0.15, -0.1) is 0 Å². The molecular formula is C16H20N2OS. The first-order valence-corrected chi connectivity index (χ1v) is 7.63. The molecule has 20 heavy (non-hydrogen) atoms. The number of aryl methyl sites for hydroxylation is 1. The first-order valence-electron chi connectivity index (χ1n) is 7.22. The fourth-order valence-electron chi connectivity index (χ4n) is 2.88. The summed E-state index contributed by atoms with van der Waals surface area (Å²) in [7, 11) is 1.68. The van der Waals surface area contributed by atoms with E-state index in [0.717, 1.165) is 34.5 Å². The largest absolute Gasteiger partial charge is 0.497 e. The Bertz CT molecular complexity index is 696. The molecule has 2 aromatic rings. The number of aromatic nitrogens is 2. The van der Waals surface area contributed by atoms with Gasteiger partial charge in [-0.05, 0) is 56.5 Å². The second kappa shape index (κ2) is 5.83. The van der Waals surface area contributed by atoms with Gasteiger partial charge >= 0.3 is 0 Å². The van der Waals surface area contributed by atoms with E-state index in [-0.39, 0.29) is 0 Å². The normalized spacial score (nSPS) is 15.3. The SMILES string of the molecule is COc1ccc2c(c1)[nH]c(=S)n2CCC1=CCCCC1. The van der Waals surface area contributed by atoms with Gasteiger partial charge in [0.25, 0.3) is 0 Å². The minimum Gasteiger partial charge on any atom is -0.497 e. The van der Waals surface area contributed by atoms with Crippen LogP contribution in [0.4, 0.5) is 0 Å². The van der Waals surface area contributed by atoms with Gasteiger partial charge < -0.3 is 14.3 Å². The first kappa shape index (κ1) is 13.4. The van der Waals surface area contributed by atoms with Crippen molar-refractivity contribution in [1.29, 1.82) is 0 Å². The van der Waals surface area contributed by atoms with Crippen molar-refractivity contribution in [3.05, 3.63) is 34.6 Å². The molecule has 0 fully saturated rings. The summed E-state index contributed by atoms with van der Waals surface area (Å²) in [5.41, 5.74) is 3.79. The van der Waals surface area contributed by atoms with E-state index in [1.165, 1.54) is 25.7 Å². The Labute approximate surface area is 124 Å². The maximum Gasteiger partial charge on any atom is 0.178 e. The second-order valence-electron chi connectivity index (χ2n) is 5.32. The number of aromatic amines is 1. The van der Waals surface area contributed by atoms with E-state index < -0.39 is 0 Å². The topological polar surface area (TPSA) is 29.9 Å². The third kappa shape index (κ3) is 2.66. The van der Waals surface area contributed by atoms with E-state index in [4.69, 9.17) is 17.0 Å². The zero-order valence-electron chi connectivity index (χ0n) is 11.8. The molecule has 0 spiro atoms. The molecule has 0 atom stereocenters. The molecule has 0 amide bonds. The van der Waals surface area contributed by atoms with Gasteiger partial charge in [0.1, 0.15) is 5.75 Å². The highest BCUT2D eigenvalue weighted by atomic mass is 32.1. The fraction of sp³-hybridized carbons (Fsp3) is 0.438. The molecule has 0 radical (unpaired) electrons. The lowest BCUT2D eigenvalue weighted by Crippen LogP contribution is -2.01. The van der Waals surface area contributed by atoms with Gasteiger partial charge in [-0.2, -0.15) is 0 Å². The van der Waals surface area contributed by atoms with Crippen molar-refractivity contribution >= 4 is 23.3 Å². The zero-order chi connectivity index (χ0) is 13.9. The average Bonchev–Trinajstić information content (AvgIpc) is 2.80. The number of imidazole rings is 1. The highest BCUT2D eigenvalue weighted by Gasteiger charge is 2.08. The van der Waals surface area contributed by atoms with E-state index in [2.05, 4.69) is 21.7 Å². The lowest BCUT2D eigenvalue weighted by atomic mass is 9.97. The Balaban J connectivity index is 1.85. The molecule has 1 aromatic carbocycles. The first-order chi connectivity index (χ1) is 9.78. The predicted octanol–water partition coefficient (Wildman–Crippen LogP) is 4.60. The predicted molar refractivity (Wildman–Crippen MR) is 84.8 cm³/mol. The number of fused-ring (bicyclic) bond motifs is 1. The maximum absolute atomic E-state index is 5.45. The number of rotatable bonds is 4. The maximum atomic E-state index is 5.45. The van der Waals surface area contributed by atoms with Crippen molar-refractivity contribution in [3.8, 4) is 5.75 Å². The van der Waals surface area contributed by atoms with Gasteiger partial charge in [-0.25, -0.2) is 0 Å². The van der Waals surface area contributed by atoms with Crippen LogP contribution in [0.3, 0.4) is 0 Å². The van der Waals surface area contributed by atoms with Gasteiger partial charge in [-0.1, -0.05) is 11.6 Å². The van der Waals surface area contributed by atoms with Crippen molar-refractivity contribution < 1.29 is 4.74 Å². The van der Waals surface area contributed by atoms with Crippen LogP contribution in [0.15, 0.2) is 29.8 Å². The van der Waals surface area contributed by atoms with Crippen LogP contribution in [0, 0.1) is 4.77 Å². The molecule has 0 saturated carbocycles. The molecule has 106 valence electrons. The second-order valence-corrected chi connectivity index (χ2v) is 5.71. The number of ether oxygens (including phenoxy) is 1. The molecule has 1 aromatic heterocycles. The van der Waals surface area contributed by atoms with Crippen LogP contribution in [-0.4, -0.2) is 16.7 Å². The van der Waals surface area contributed by atoms with Crippen LogP contribution in [0.5, 0.6) is 5.75 Å². The highest BCUT2D eigenvalue weighted by Crippen LogP contribution is 2.24. The Morgan fingerprint density at radius 2 is 2.25 bits per heavy atom. The summed E-state index contributed by atoms with van der Waals surface area (Å²) in [6, 6.07) is 6.07. The molecule has 3 rings (SSSR count). The third-order valence-electron chi connectivity index (χ3n) is 4.02. The molecule has 1 N–H and O–H groups in total. The standard InChI is InChI=1S/C16H20N2OS/c1-19-13-7-8-15-14(11-13)17-16(20)18(15)10-9-12-5-3-2-4-6-12/h5,7-8,11H,2-4,6,9-10H2,1H3,(H,17,20). The quantitative estimate of drug-likeness (QED) is 0.658. The lowest BCUT2D eigenvalue weighted by Gasteiger charge is -2.13. The number of benzene rings is 1. The van der Waals surface area contributed by atoms with Crippen LogP contribution in [0.2, 0.25) is 0 Å². The van der Waals surface area contributed by atoms with Crippen LogP contribution in [-0.2, 0) is 6.54 Å². The summed E-state index contributed by atoms with van der Waals surface area (Å²) >= 11 is 5.45. The minimum atomic E-state index is 0.796. The van der Waals surface area contributed by atoms with Crippen LogP contribution in [0.25, 0.3) is 11.0 Å². The summed E-state index contributed by atoms with van der Waals surface area (Å²) in [6.07, 6.45) is 8.69. The number of H-pyrrole nitrogens is 1. The summed E-state index contributed by atoms with van der Waals surface area (Å²) in [6.45, 7) is 0.955. The third-order valence-corrected chi connectivity index (χ3v) is 4.35. The number of hydrogen-bond acceptors (Lipinski definition) is 2. The van der Waals surface area contributed by atoms with Crippen molar-refractivity contribution in [1.82, 2.24) is 9.55 Å². The molecule has 3 nitrogen and oxygen atoms in total. The monoisotopic (exact) mass is 288 g/mol. The van der Waals surface area contributed by atoms with Gasteiger partial charge in [0.05, 0.1) is 18.1 Å². The number of methoxy groups -OCH3 is 1. The number of allylic oxidation sites excluding steroid dienone is 2. The van der Waals surface area contributed by atoms with Crippen molar-refractivity contribution in [2.45, 2.75) is 38.6 Å². The molecule has 1 aliphatic carbocycles. The van der Waals surface area contributed by atoms with Gasteiger partial charge in [0.15, 0.2) is 4.77 Å². The molecule has 1 heterocycles. The van der Waals surface area contributed by atoms with E-state index in [1.54, 1.807) is 12.7 Å². The molecule has 0 saturated heterocycles. The molecule has 1 aliphatic rings. The Kier molecular flexibility index (Phi) is 3.92. The highest BCUT2D eigenvalue weighted by molar-refractivity contribution is 7.71. The summed E-state index contributed by atoms with van der Waals surface area (Å²) < 4.78 is 8.24. The Hall–Kier alpha value is -1.55. The summed E-state index contributed by atoms with van der Waals surface area (Å²) in [4.78, 5) is 3.27.